The molecular formula is C16H14Cl3NO4S. The van der Waals surface area contributed by atoms with Crippen molar-refractivity contribution in [3.63, 3.8) is 0 Å². The second-order valence-electron chi connectivity index (χ2n) is 5.02. The summed E-state index contributed by atoms with van der Waals surface area (Å²) in [5.74, 6) is -0.469. The monoisotopic (exact) mass is 421 g/mol. The molecule has 0 saturated heterocycles. The van der Waals surface area contributed by atoms with E-state index >= 15 is 0 Å². The van der Waals surface area contributed by atoms with Crippen molar-refractivity contribution in [3.8, 4) is 0 Å². The molecule has 2 aromatic rings. The molecule has 5 nitrogen and oxygen atoms in total. The van der Waals surface area contributed by atoms with Crippen LogP contribution in [0.25, 0.3) is 0 Å². The van der Waals surface area contributed by atoms with Gasteiger partial charge in [-0.2, -0.15) is 0 Å². The van der Waals surface area contributed by atoms with Gasteiger partial charge < -0.3 is 4.74 Å². The Morgan fingerprint density at radius 2 is 1.64 bits per heavy atom. The lowest BCUT2D eigenvalue weighted by molar-refractivity contribution is 0.0505. The van der Waals surface area contributed by atoms with E-state index in [1.807, 2.05) is 6.92 Å². The van der Waals surface area contributed by atoms with Crippen molar-refractivity contribution in [3.05, 3.63) is 57.0 Å². The maximum Gasteiger partial charge on any atom is 0.338 e. The smallest absolute Gasteiger partial charge is 0.338 e. The number of hydrogen-bond acceptors (Lipinski definition) is 4. The van der Waals surface area contributed by atoms with E-state index in [2.05, 4.69) is 4.72 Å². The number of esters is 1. The fourth-order valence-electron chi connectivity index (χ4n) is 1.87. The highest BCUT2D eigenvalue weighted by atomic mass is 35.5. The second kappa shape index (κ2) is 8.27. The Labute approximate surface area is 160 Å². The Morgan fingerprint density at radius 3 is 2.24 bits per heavy atom. The number of ether oxygens (including phenoxy) is 1. The molecule has 25 heavy (non-hydrogen) atoms. The van der Waals surface area contributed by atoms with Crippen LogP contribution in [0.5, 0.6) is 0 Å². The lowest BCUT2D eigenvalue weighted by Gasteiger charge is -2.11. The number of nitrogens with one attached hydrogen (secondary N) is 1. The van der Waals surface area contributed by atoms with Gasteiger partial charge in [0, 0.05) is 5.69 Å². The summed E-state index contributed by atoms with van der Waals surface area (Å²) in [6.07, 6.45) is 0.716. The molecule has 0 saturated carbocycles. The Morgan fingerprint density at radius 1 is 1.04 bits per heavy atom. The molecule has 0 aliphatic heterocycles. The molecule has 0 aliphatic rings. The fraction of sp³-hybridized carbons (Fsp3) is 0.188. The quantitative estimate of drug-likeness (QED) is 0.524. The van der Waals surface area contributed by atoms with Gasteiger partial charge in [-0.1, -0.05) is 41.7 Å². The minimum Gasteiger partial charge on any atom is -0.462 e. The highest BCUT2D eigenvalue weighted by Gasteiger charge is 2.20. The largest absolute Gasteiger partial charge is 0.462 e. The van der Waals surface area contributed by atoms with E-state index in [9.17, 15) is 13.2 Å². The molecule has 0 heterocycles. The van der Waals surface area contributed by atoms with Crippen molar-refractivity contribution in [2.45, 2.75) is 18.2 Å². The summed E-state index contributed by atoms with van der Waals surface area (Å²) < 4.78 is 32.3. The molecule has 0 spiro atoms. The highest BCUT2D eigenvalue weighted by Crippen LogP contribution is 2.32. The number of sulfonamides is 1. The molecule has 9 heteroatoms. The Hall–Kier alpha value is -1.47. The van der Waals surface area contributed by atoms with Gasteiger partial charge in [0.1, 0.15) is 4.90 Å². The molecule has 1 N–H and O–H groups in total. The first kappa shape index (κ1) is 19.8. The molecule has 0 aliphatic carbocycles. The summed E-state index contributed by atoms with van der Waals surface area (Å²) in [6.45, 7) is 2.21. The van der Waals surface area contributed by atoms with Crippen LogP contribution in [0.3, 0.4) is 0 Å². The SMILES string of the molecule is CCCOC(=O)c1ccc(NS(=O)(=O)c2cc(Cl)c(Cl)cc2Cl)cc1. The van der Waals surface area contributed by atoms with Gasteiger partial charge in [-0.3, -0.25) is 4.72 Å². The highest BCUT2D eigenvalue weighted by molar-refractivity contribution is 7.92. The summed E-state index contributed by atoms with van der Waals surface area (Å²) in [6, 6.07) is 8.26. The lowest BCUT2D eigenvalue weighted by atomic mass is 10.2. The minimum atomic E-state index is -3.97. The van der Waals surface area contributed by atoms with Gasteiger partial charge in [0.15, 0.2) is 0 Å². The van der Waals surface area contributed by atoms with Crippen molar-refractivity contribution in [1.82, 2.24) is 0 Å². The number of carbonyl (C=O) groups excluding carboxylic acids is 1. The average molecular weight is 423 g/mol. The third kappa shape index (κ3) is 5.01. The van der Waals surface area contributed by atoms with Crippen LogP contribution in [-0.2, 0) is 14.8 Å². The van der Waals surface area contributed by atoms with Crippen molar-refractivity contribution >= 4 is 56.5 Å². The predicted octanol–water partition coefficient (Wildman–Crippen LogP) is 5.01. The molecular weight excluding hydrogens is 409 g/mol. The van der Waals surface area contributed by atoms with E-state index in [-0.39, 0.29) is 25.7 Å². The number of rotatable bonds is 6. The molecule has 2 rings (SSSR count). The Balaban J connectivity index is 2.21. The molecule has 134 valence electrons. The number of hydrogen-bond donors (Lipinski definition) is 1. The predicted molar refractivity (Wildman–Crippen MR) is 99.3 cm³/mol. The maximum absolute atomic E-state index is 12.5. The van der Waals surface area contributed by atoms with Gasteiger partial charge in [0.05, 0.1) is 27.2 Å². The van der Waals surface area contributed by atoms with E-state index in [1.54, 1.807) is 0 Å². The number of carbonyl (C=O) groups is 1. The number of anilines is 1. The fourth-order valence-corrected chi connectivity index (χ4v) is 3.93. The van der Waals surface area contributed by atoms with Gasteiger partial charge in [-0.25, -0.2) is 13.2 Å². The van der Waals surface area contributed by atoms with E-state index < -0.39 is 16.0 Å². The van der Waals surface area contributed by atoms with Crippen LogP contribution in [0.1, 0.15) is 23.7 Å². The number of benzene rings is 2. The van der Waals surface area contributed by atoms with Gasteiger partial charge >= 0.3 is 5.97 Å². The second-order valence-corrected chi connectivity index (χ2v) is 7.89. The number of halogens is 3. The molecule has 0 atom stereocenters. The molecule has 0 unspecified atom stereocenters. The van der Waals surface area contributed by atoms with Crippen LogP contribution >= 0.6 is 34.8 Å². The van der Waals surface area contributed by atoms with Crippen LogP contribution in [0.4, 0.5) is 5.69 Å². The topological polar surface area (TPSA) is 72.5 Å². The standard InChI is InChI=1S/C16H14Cl3NO4S/c1-2-7-24-16(21)10-3-5-11(6-4-10)20-25(22,23)15-9-13(18)12(17)8-14(15)19/h3-6,8-9,20H,2,7H2,1H3. The van der Waals surface area contributed by atoms with Gasteiger partial charge in [-0.05, 0) is 42.8 Å². The lowest BCUT2D eigenvalue weighted by Crippen LogP contribution is -2.14. The zero-order valence-corrected chi connectivity index (χ0v) is 16.1. The molecule has 0 bridgehead atoms. The van der Waals surface area contributed by atoms with E-state index in [4.69, 9.17) is 39.5 Å². The molecule has 0 fully saturated rings. The van der Waals surface area contributed by atoms with Crippen molar-refractivity contribution in [2.75, 3.05) is 11.3 Å². The summed E-state index contributed by atoms with van der Waals surface area (Å²) in [4.78, 5) is 11.5. The molecule has 0 radical (unpaired) electrons. The first-order valence-corrected chi connectivity index (χ1v) is 9.81. The van der Waals surface area contributed by atoms with Gasteiger partial charge in [0.2, 0.25) is 0 Å². The van der Waals surface area contributed by atoms with Crippen LogP contribution in [0, 0.1) is 0 Å². The molecule has 0 aromatic heterocycles. The van der Waals surface area contributed by atoms with Crippen molar-refractivity contribution in [2.24, 2.45) is 0 Å². The van der Waals surface area contributed by atoms with Crippen molar-refractivity contribution in [1.29, 1.82) is 0 Å². The van der Waals surface area contributed by atoms with Crippen LogP contribution in [0.2, 0.25) is 15.1 Å². The summed E-state index contributed by atoms with van der Waals surface area (Å²) in [7, 11) is -3.97. The summed E-state index contributed by atoms with van der Waals surface area (Å²) >= 11 is 17.6. The Kier molecular flexibility index (Phi) is 6.57. The van der Waals surface area contributed by atoms with E-state index in [1.165, 1.54) is 36.4 Å². The van der Waals surface area contributed by atoms with Gasteiger partial charge in [-0.15, -0.1) is 0 Å². The average Bonchev–Trinajstić information content (AvgIpc) is 2.56. The zero-order valence-electron chi connectivity index (χ0n) is 13.1. The van der Waals surface area contributed by atoms with E-state index in [0.29, 0.717) is 18.6 Å². The summed E-state index contributed by atoms with van der Waals surface area (Å²) in [5.41, 5.74) is 0.582. The van der Waals surface area contributed by atoms with Crippen LogP contribution < -0.4 is 4.72 Å². The first-order valence-electron chi connectivity index (χ1n) is 7.19. The normalized spacial score (nSPS) is 11.2. The molecule has 2 aromatic carbocycles. The minimum absolute atomic E-state index is 0.0540. The summed E-state index contributed by atoms with van der Waals surface area (Å²) in [5, 5.41) is 0.169. The maximum atomic E-state index is 12.5. The van der Waals surface area contributed by atoms with Gasteiger partial charge in [0.25, 0.3) is 10.0 Å². The van der Waals surface area contributed by atoms with Crippen LogP contribution in [0.15, 0.2) is 41.3 Å². The van der Waals surface area contributed by atoms with E-state index in [0.717, 1.165) is 0 Å². The van der Waals surface area contributed by atoms with Crippen molar-refractivity contribution < 1.29 is 17.9 Å². The Bertz CT molecular complexity index is 883. The zero-order chi connectivity index (χ0) is 18.6. The molecule has 0 amide bonds. The van der Waals surface area contributed by atoms with Crippen LogP contribution in [-0.4, -0.2) is 21.0 Å². The first-order chi connectivity index (χ1) is 11.7. The third-order valence-corrected chi connectivity index (χ3v) is 5.64. The third-order valence-electron chi connectivity index (χ3n) is 3.07.